The van der Waals surface area contributed by atoms with Crippen molar-refractivity contribution in [2.75, 3.05) is 6.61 Å². The molecule has 1 saturated heterocycles. The van der Waals surface area contributed by atoms with Crippen LogP contribution >= 0.6 is 0 Å². The van der Waals surface area contributed by atoms with Gasteiger partial charge in [-0.2, -0.15) is 0 Å². The summed E-state index contributed by atoms with van der Waals surface area (Å²) in [5.74, 6) is -0.593. The van der Waals surface area contributed by atoms with E-state index in [1.54, 1.807) is 0 Å². The Labute approximate surface area is 138 Å². The molecule has 4 nitrogen and oxygen atoms in total. The molecule has 4 heteroatoms. The molecule has 0 aliphatic carbocycles. The molecule has 2 heterocycles. The molecule has 0 N–H and O–H groups in total. The van der Waals surface area contributed by atoms with E-state index >= 15 is 0 Å². The van der Waals surface area contributed by atoms with Crippen molar-refractivity contribution in [1.82, 2.24) is 9.55 Å². The summed E-state index contributed by atoms with van der Waals surface area (Å²) in [6, 6.07) is 8.73. The highest BCUT2D eigenvalue weighted by Gasteiger charge is 2.41. The predicted molar refractivity (Wildman–Crippen MR) is 90.1 cm³/mol. The van der Waals surface area contributed by atoms with Gasteiger partial charge in [0.25, 0.3) is 0 Å². The first kappa shape index (κ1) is 16.2. The zero-order chi connectivity index (χ0) is 16.1. The third kappa shape index (κ3) is 3.82. The molecule has 2 unspecified atom stereocenters. The smallest absolute Gasteiger partial charge is 0.195 e. The lowest BCUT2D eigenvalue weighted by Gasteiger charge is -2.29. The number of aryl methyl sites for hydroxylation is 2. The largest absolute Gasteiger partial charge is 0.343 e. The van der Waals surface area contributed by atoms with Crippen molar-refractivity contribution < 1.29 is 9.47 Å². The molecular formula is C19H26N2O2. The molecule has 1 aromatic heterocycles. The van der Waals surface area contributed by atoms with E-state index in [4.69, 9.17) is 9.47 Å². The van der Waals surface area contributed by atoms with E-state index in [1.807, 2.05) is 18.7 Å². The number of benzene rings is 1. The van der Waals surface area contributed by atoms with Crippen LogP contribution in [0.5, 0.6) is 0 Å². The quantitative estimate of drug-likeness (QED) is 0.777. The highest BCUT2D eigenvalue weighted by atomic mass is 16.7. The maximum Gasteiger partial charge on any atom is 0.195 e. The minimum Gasteiger partial charge on any atom is -0.343 e. The molecule has 124 valence electrons. The summed E-state index contributed by atoms with van der Waals surface area (Å²) in [4.78, 5) is 4.09. The average Bonchev–Trinajstić information content (AvgIpc) is 3.19. The maximum absolute atomic E-state index is 6.21. The van der Waals surface area contributed by atoms with Crippen LogP contribution in [-0.2, 0) is 28.2 Å². The van der Waals surface area contributed by atoms with Crippen LogP contribution in [0, 0.1) is 0 Å². The Hall–Kier alpha value is -1.65. The van der Waals surface area contributed by atoms with Crippen molar-refractivity contribution in [3.8, 4) is 0 Å². The molecule has 1 aromatic carbocycles. The van der Waals surface area contributed by atoms with Crippen molar-refractivity contribution in [1.29, 1.82) is 0 Å². The maximum atomic E-state index is 6.21. The summed E-state index contributed by atoms with van der Waals surface area (Å²) < 4.78 is 14.4. The second-order valence-corrected chi connectivity index (χ2v) is 6.34. The number of hydrogen-bond donors (Lipinski definition) is 0. The number of aromatic nitrogens is 2. The van der Waals surface area contributed by atoms with E-state index in [0.717, 1.165) is 31.4 Å². The van der Waals surface area contributed by atoms with Gasteiger partial charge in [0.1, 0.15) is 0 Å². The van der Waals surface area contributed by atoms with E-state index in [9.17, 15) is 0 Å². The van der Waals surface area contributed by atoms with Gasteiger partial charge in [0, 0.05) is 30.9 Å². The molecule has 1 fully saturated rings. The van der Waals surface area contributed by atoms with E-state index in [-0.39, 0.29) is 6.10 Å². The van der Waals surface area contributed by atoms with Gasteiger partial charge < -0.3 is 14.0 Å². The summed E-state index contributed by atoms with van der Waals surface area (Å²) in [5.41, 5.74) is 2.50. The Morgan fingerprint density at radius 3 is 2.74 bits per heavy atom. The van der Waals surface area contributed by atoms with Crippen LogP contribution in [0.15, 0.2) is 43.0 Å². The first-order valence-electron chi connectivity index (χ1n) is 8.59. The number of hydrogen-bond acceptors (Lipinski definition) is 3. The third-order valence-electron chi connectivity index (χ3n) is 4.36. The van der Waals surface area contributed by atoms with E-state index in [2.05, 4.69) is 47.7 Å². The van der Waals surface area contributed by atoms with Crippen molar-refractivity contribution in [2.24, 2.45) is 0 Å². The highest BCUT2D eigenvalue weighted by molar-refractivity contribution is 5.26. The van der Waals surface area contributed by atoms with Crippen molar-refractivity contribution in [3.05, 3.63) is 54.1 Å². The minimum atomic E-state index is -0.593. The molecule has 3 rings (SSSR count). The predicted octanol–water partition coefficient (Wildman–Crippen LogP) is 3.90. The summed E-state index contributed by atoms with van der Waals surface area (Å²) in [6.45, 7) is 5.86. The van der Waals surface area contributed by atoms with Crippen LogP contribution in [0.25, 0.3) is 0 Å². The number of ether oxygens (including phenoxy) is 2. The molecule has 2 aromatic rings. The number of imidazole rings is 1. The van der Waals surface area contributed by atoms with E-state index in [1.165, 1.54) is 12.0 Å². The Morgan fingerprint density at radius 2 is 2.13 bits per heavy atom. The summed E-state index contributed by atoms with van der Waals surface area (Å²) in [7, 11) is 0. The second kappa shape index (κ2) is 7.28. The van der Waals surface area contributed by atoms with Crippen molar-refractivity contribution in [3.63, 3.8) is 0 Å². The lowest BCUT2D eigenvalue weighted by atomic mass is 9.98. The second-order valence-electron chi connectivity index (χ2n) is 6.34. The average molecular weight is 314 g/mol. The standard InChI is InChI=1S/C19H26N2O2/c1-3-5-17-6-8-18(9-7-17)19(22-14-16(2)23-19)10-4-12-21-13-11-20-15-21/h6-9,11,13,15-16H,3-5,10,12,14H2,1-2H3. The van der Waals surface area contributed by atoms with Gasteiger partial charge in [0.05, 0.1) is 19.0 Å². The van der Waals surface area contributed by atoms with Crippen LogP contribution in [0.2, 0.25) is 0 Å². The summed E-state index contributed by atoms with van der Waals surface area (Å²) in [5, 5.41) is 0. The van der Waals surface area contributed by atoms with Crippen LogP contribution < -0.4 is 0 Å². The molecular weight excluding hydrogens is 288 g/mol. The first-order chi connectivity index (χ1) is 11.2. The molecule has 0 spiro atoms. The Balaban J connectivity index is 1.71. The highest BCUT2D eigenvalue weighted by Crippen LogP contribution is 2.38. The van der Waals surface area contributed by atoms with Gasteiger partial charge in [-0.15, -0.1) is 0 Å². The SMILES string of the molecule is CCCc1ccc(C2(CCCn3ccnc3)OCC(C)O2)cc1. The Morgan fingerprint density at radius 1 is 1.30 bits per heavy atom. The topological polar surface area (TPSA) is 36.3 Å². The Bertz CT molecular complexity index is 594. The summed E-state index contributed by atoms with van der Waals surface area (Å²) in [6.07, 6.45) is 9.91. The van der Waals surface area contributed by atoms with Crippen LogP contribution in [0.1, 0.15) is 44.2 Å². The lowest BCUT2D eigenvalue weighted by Crippen LogP contribution is -2.28. The molecule has 0 saturated carbocycles. The van der Waals surface area contributed by atoms with Gasteiger partial charge in [-0.05, 0) is 25.3 Å². The molecule has 0 bridgehead atoms. The molecule has 2 atom stereocenters. The molecule has 0 amide bonds. The van der Waals surface area contributed by atoms with Crippen LogP contribution in [0.3, 0.4) is 0 Å². The van der Waals surface area contributed by atoms with Gasteiger partial charge >= 0.3 is 0 Å². The van der Waals surface area contributed by atoms with Crippen molar-refractivity contribution in [2.45, 2.75) is 58.0 Å². The fourth-order valence-corrected chi connectivity index (χ4v) is 3.20. The molecule has 0 radical (unpaired) electrons. The molecule has 1 aliphatic heterocycles. The minimum absolute atomic E-state index is 0.138. The van der Waals surface area contributed by atoms with Crippen LogP contribution in [0.4, 0.5) is 0 Å². The van der Waals surface area contributed by atoms with Gasteiger partial charge in [-0.3, -0.25) is 0 Å². The zero-order valence-electron chi connectivity index (χ0n) is 14.1. The summed E-state index contributed by atoms with van der Waals surface area (Å²) >= 11 is 0. The van der Waals surface area contributed by atoms with Gasteiger partial charge in [-0.1, -0.05) is 37.6 Å². The molecule has 23 heavy (non-hydrogen) atoms. The zero-order valence-corrected chi connectivity index (χ0v) is 14.1. The number of rotatable bonds is 7. The molecule has 1 aliphatic rings. The van der Waals surface area contributed by atoms with E-state index in [0.29, 0.717) is 6.61 Å². The van der Waals surface area contributed by atoms with Gasteiger partial charge in [-0.25, -0.2) is 4.98 Å². The van der Waals surface area contributed by atoms with Crippen molar-refractivity contribution >= 4 is 0 Å². The fourth-order valence-electron chi connectivity index (χ4n) is 3.20. The van der Waals surface area contributed by atoms with E-state index < -0.39 is 5.79 Å². The third-order valence-corrected chi connectivity index (χ3v) is 4.36. The van der Waals surface area contributed by atoms with Gasteiger partial charge in [0.2, 0.25) is 0 Å². The van der Waals surface area contributed by atoms with Crippen LogP contribution in [-0.4, -0.2) is 22.3 Å². The first-order valence-corrected chi connectivity index (χ1v) is 8.59. The Kier molecular flexibility index (Phi) is 5.13. The normalized spacial score (nSPS) is 24.2. The monoisotopic (exact) mass is 314 g/mol. The number of nitrogens with zero attached hydrogens (tertiary/aromatic N) is 2. The van der Waals surface area contributed by atoms with Gasteiger partial charge in [0.15, 0.2) is 5.79 Å². The fraction of sp³-hybridized carbons (Fsp3) is 0.526. The lowest BCUT2D eigenvalue weighted by molar-refractivity contribution is -0.181.